The number of benzene rings is 9. The Bertz CT molecular complexity index is 3350. The second-order valence-electron chi connectivity index (χ2n) is 15.3. The molecule has 12 aromatic rings. The number of rotatable bonds is 6. The van der Waals surface area contributed by atoms with E-state index in [9.17, 15) is 0 Å². The molecular weight excluding hydrogens is 721 g/mol. The molecule has 0 unspecified atom stereocenters. The molecule has 12 rings (SSSR count). The molecule has 0 spiro atoms. The molecule has 272 valence electrons. The van der Waals surface area contributed by atoms with E-state index in [1.165, 1.54) is 86.0 Å². The second-order valence-corrected chi connectivity index (χ2v) is 16.3. The number of aromatic nitrogens is 2. The van der Waals surface area contributed by atoms with Crippen molar-refractivity contribution in [3.63, 3.8) is 0 Å². The molecule has 0 bridgehead atoms. The first-order chi connectivity index (χ1) is 28.8. The number of hydrogen-bond acceptors (Lipinski definition) is 1. The highest BCUT2D eigenvalue weighted by Crippen LogP contribution is 2.47. The average Bonchev–Trinajstić information content (AvgIpc) is 3.95. The smallest absolute Gasteiger partial charge is 0.0701 e. The Labute approximate surface area is 340 Å². The van der Waals surface area contributed by atoms with Crippen LogP contribution >= 0.6 is 11.3 Å². The maximum atomic E-state index is 2.48. The first-order valence-electron chi connectivity index (χ1n) is 19.9. The molecular formula is C55H36N2S. The molecule has 0 aliphatic carbocycles. The van der Waals surface area contributed by atoms with Crippen molar-refractivity contribution in [3.05, 3.63) is 241 Å². The quantitative estimate of drug-likeness (QED) is 0.150. The van der Waals surface area contributed by atoms with Gasteiger partial charge >= 0.3 is 0 Å². The van der Waals surface area contributed by atoms with Crippen LogP contribution in [0.1, 0.15) is 22.3 Å². The largest absolute Gasteiger partial charge is 0.309 e. The molecule has 3 aromatic heterocycles. The number of hydrogen-bond donors (Lipinski definition) is 0. The van der Waals surface area contributed by atoms with Crippen LogP contribution < -0.4 is 0 Å². The highest BCUT2D eigenvalue weighted by atomic mass is 32.1. The summed E-state index contributed by atoms with van der Waals surface area (Å²) in [5, 5.41) is 7.56. The third-order valence-corrected chi connectivity index (χ3v) is 13.4. The second kappa shape index (κ2) is 12.9. The van der Waals surface area contributed by atoms with Crippen molar-refractivity contribution >= 4 is 75.1 Å². The first-order valence-corrected chi connectivity index (χ1v) is 20.7. The Balaban J connectivity index is 1.20. The summed E-state index contributed by atoms with van der Waals surface area (Å²) in [7, 11) is 0. The van der Waals surface area contributed by atoms with E-state index in [1.807, 2.05) is 11.3 Å². The van der Waals surface area contributed by atoms with E-state index in [0.717, 1.165) is 11.4 Å². The van der Waals surface area contributed by atoms with E-state index < -0.39 is 5.41 Å². The summed E-state index contributed by atoms with van der Waals surface area (Å²) < 4.78 is 7.53. The Kier molecular flexibility index (Phi) is 7.35. The van der Waals surface area contributed by atoms with Crippen molar-refractivity contribution in [2.45, 2.75) is 5.41 Å². The highest BCUT2D eigenvalue weighted by molar-refractivity contribution is 7.25. The third kappa shape index (κ3) is 4.78. The van der Waals surface area contributed by atoms with Crippen LogP contribution in [0.25, 0.3) is 75.2 Å². The molecule has 3 heteroatoms. The molecule has 0 fully saturated rings. The van der Waals surface area contributed by atoms with Crippen LogP contribution in [0.2, 0.25) is 0 Å². The predicted molar refractivity (Wildman–Crippen MR) is 246 cm³/mol. The Hall–Kier alpha value is -7.20. The summed E-state index contributed by atoms with van der Waals surface area (Å²) in [5.41, 5.74) is 11.4. The van der Waals surface area contributed by atoms with Crippen LogP contribution in [0.5, 0.6) is 0 Å². The maximum Gasteiger partial charge on any atom is 0.0701 e. The molecule has 9 aromatic carbocycles. The van der Waals surface area contributed by atoms with Crippen LogP contribution in [0.3, 0.4) is 0 Å². The van der Waals surface area contributed by atoms with Crippen LogP contribution in [0.15, 0.2) is 218 Å². The van der Waals surface area contributed by atoms with Gasteiger partial charge < -0.3 is 9.13 Å². The van der Waals surface area contributed by atoms with Crippen molar-refractivity contribution in [1.29, 1.82) is 0 Å². The number of nitrogens with zero attached hydrogens (tertiary/aromatic N) is 2. The molecule has 0 saturated heterocycles. The topological polar surface area (TPSA) is 9.86 Å². The van der Waals surface area contributed by atoms with E-state index >= 15 is 0 Å². The minimum absolute atomic E-state index is 0.564. The van der Waals surface area contributed by atoms with Gasteiger partial charge in [0.2, 0.25) is 0 Å². The number of para-hydroxylation sites is 2. The predicted octanol–water partition coefficient (Wildman–Crippen LogP) is 14.6. The summed E-state index contributed by atoms with van der Waals surface area (Å²) >= 11 is 1.86. The van der Waals surface area contributed by atoms with Gasteiger partial charge in [0, 0.05) is 53.1 Å². The first kappa shape index (κ1) is 33.0. The summed E-state index contributed by atoms with van der Waals surface area (Å²) in [6, 6.07) is 80.7. The fourth-order valence-corrected chi connectivity index (χ4v) is 10.9. The molecule has 0 radical (unpaired) electrons. The van der Waals surface area contributed by atoms with Crippen molar-refractivity contribution in [2.75, 3.05) is 0 Å². The summed E-state index contributed by atoms with van der Waals surface area (Å²) in [5.74, 6) is 0. The molecule has 2 nitrogen and oxygen atoms in total. The average molecular weight is 757 g/mol. The lowest BCUT2D eigenvalue weighted by Crippen LogP contribution is -2.30. The minimum atomic E-state index is -0.564. The lowest BCUT2D eigenvalue weighted by atomic mass is 9.65. The lowest BCUT2D eigenvalue weighted by molar-refractivity contribution is 0.746. The van der Waals surface area contributed by atoms with Crippen LogP contribution in [-0.2, 0) is 5.41 Å². The van der Waals surface area contributed by atoms with Crippen molar-refractivity contribution in [3.8, 4) is 11.4 Å². The van der Waals surface area contributed by atoms with Crippen LogP contribution in [0.4, 0.5) is 0 Å². The van der Waals surface area contributed by atoms with Gasteiger partial charge in [0.15, 0.2) is 0 Å². The molecule has 0 amide bonds. The van der Waals surface area contributed by atoms with Crippen molar-refractivity contribution < 1.29 is 0 Å². The van der Waals surface area contributed by atoms with Crippen LogP contribution in [-0.4, -0.2) is 9.13 Å². The number of thiophene rings is 1. The van der Waals surface area contributed by atoms with Gasteiger partial charge in [-0.05, 0) is 89.0 Å². The van der Waals surface area contributed by atoms with Gasteiger partial charge in [-0.25, -0.2) is 0 Å². The fourth-order valence-electron chi connectivity index (χ4n) is 9.78. The molecule has 0 aliphatic heterocycles. The molecule has 3 heterocycles. The van der Waals surface area contributed by atoms with Gasteiger partial charge in [-0.1, -0.05) is 152 Å². The third-order valence-electron chi connectivity index (χ3n) is 12.3. The van der Waals surface area contributed by atoms with Gasteiger partial charge in [-0.2, -0.15) is 0 Å². The number of fused-ring (bicyclic) bond motifs is 9. The van der Waals surface area contributed by atoms with E-state index in [0.29, 0.717) is 0 Å². The molecule has 0 saturated carbocycles. The minimum Gasteiger partial charge on any atom is -0.309 e. The SMILES string of the molecule is c1ccc(C(c2ccccc2)(c2ccccc2)c2ccc3c(c2)c2cc(-n4c5ccccc5c5ccccc54)ccc2n3-c2ccc3sc4ccccc4c3c2)cc1. The Morgan fingerprint density at radius 1 is 0.276 bits per heavy atom. The monoisotopic (exact) mass is 756 g/mol. The van der Waals surface area contributed by atoms with E-state index in [1.54, 1.807) is 0 Å². The zero-order valence-corrected chi connectivity index (χ0v) is 32.4. The standard InChI is InChI=1S/C55H36N2S/c1-4-16-37(17-5-1)55(38-18-6-2-7-19-38,39-20-8-3-9-21-39)40-28-31-51-46(34-40)47-35-41(56-49-25-13-10-22-43(49)44-23-11-14-26-50(44)56)29-32-52(47)57(51)42-30-33-54-48(36-42)45-24-12-15-27-53(45)58-54/h1-36H. The zero-order chi connectivity index (χ0) is 38.2. The molecule has 0 N–H and O–H groups in total. The summed E-state index contributed by atoms with van der Waals surface area (Å²) in [6.45, 7) is 0. The normalized spacial score (nSPS) is 12.1. The van der Waals surface area contributed by atoms with E-state index in [-0.39, 0.29) is 0 Å². The maximum absolute atomic E-state index is 2.48. The molecule has 0 aliphatic rings. The molecule has 0 atom stereocenters. The summed E-state index contributed by atoms with van der Waals surface area (Å²) in [4.78, 5) is 0. The van der Waals surface area contributed by atoms with Crippen molar-refractivity contribution in [2.24, 2.45) is 0 Å². The van der Waals surface area contributed by atoms with E-state index in [4.69, 9.17) is 0 Å². The van der Waals surface area contributed by atoms with Crippen LogP contribution in [0, 0.1) is 0 Å². The van der Waals surface area contributed by atoms with Gasteiger partial charge in [-0.3, -0.25) is 0 Å². The zero-order valence-electron chi connectivity index (χ0n) is 31.6. The molecule has 58 heavy (non-hydrogen) atoms. The summed E-state index contributed by atoms with van der Waals surface area (Å²) in [6.07, 6.45) is 0. The van der Waals surface area contributed by atoms with Gasteiger partial charge in [0.25, 0.3) is 0 Å². The fraction of sp³-hybridized carbons (Fsp3) is 0.0182. The Morgan fingerprint density at radius 2 is 0.690 bits per heavy atom. The van der Waals surface area contributed by atoms with Gasteiger partial charge in [-0.15, -0.1) is 11.3 Å². The highest BCUT2D eigenvalue weighted by Gasteiger charge is 2.38. The Morgan fingerprint density at radius 3 is 1.28 bits per heavy atom. The van der Waals surface area contributed by atoms with Crippen molar-refractivity contribution in [1.82, 2.24) is 9.13 Å². The van der Waals surface area contributed by atoms with Gasteiger partial charge in [0.1, 0.15) is 0 Å². The van der Waals surface area contributed by atoms with Gasteiger partial charge in [0.05, 0.1) is 27.5 Å². The van der Waals surface area contributed by atoms with E-state index in [2.05, 4.69) is 228 Å². The lowest BCUT2D eigenvalue weighted by Gasteiger charge is -2.37.